The number of amides is 2. The maximum absolute atomic E-state index is 12.8. The van der Waals surface area contributed by atoms with Crippen LogP contribution in [-0.2, 0) is 0 Å². The summed E-state index contributed by atoms with van der Waals surface area (Å²) >= 11 is 0. The summed E-state index contributed by atoms with van der Waals surface area (Å²) in [5.74, 6) is -0.550. The molecule has 1 heterocycles. The maximum atomic E-state index is 12.8. The van der Waals surface area contributed by atoms with Gasteiger partial charge < -0.3 is 10.6 Å². The first-order chi connectivity index (χ1) is 13.4. The first-order valence-corrected chi connectivity index (χ1v) is 9.10. The molecule has 1 aromatic heterocycles. The number of anilines is 1. The third-order valence-electron chi connectivity index (χ3n) is 4.47. The molecule has 0 spiro atoms. The predicted molar refractivity (Wildman–Crippen MR) is 108 cm³/mol. The monoisotopic (exact) mass is 377 g/mol. The summed E-state index contributed by atoms with van der Waals surface area (Å²) in [6.45, 7) is 8.07. The molecule has 3 rings (SSSR count). The van der Waals surface area contributed by atoms with E-state index in [0.29, 0.717) is 23.5 Å². The van der Waals surface area contributed by atoms with E-state index < -0.39 is 0 Å². The lowest BCUT2D eigenvalue weighted by molar-refractivity contribution is 0.0954. The molecule has 7 heteroatoms. The second kappa shape index (κ2) is 8.04. The van der Waals surface area contributed by atoms with Crippen molar-refractivity contribution < 1.29 is 9.59 Å². The van der Waals surface area contributed by atoms with Crippen molar-refractivity contribution in [3.05, 3.63) is 70.5 Å². The van der Waals surface area contributed by atoms with Gasteiger partial charge in [0.25, 0.3) is 11.8 Å². The molecule has 7 nitrogen and oxygen atoms in total. The minimum atomic E-state index is -0.369. The van der Waals surface area contributed by atoms with Crippen molar-refractivity contribution in [3.8, 4) is 5.69 Å². The Morgan fingerprint density at radius 3 is 2.39 bits per heavy atom. The quantitative estimate of drug-likeness (QED) is 0.715. The number of hydrogen-bond donors (Lipinski definition) is 2. The van der Waals surface area contributed by atoms with E-state index in [4.69, 9.17) is 0 Å². The van der Waals surface area contributed by atoms with Gasteiger partial charge in [-0.15, -0.1) is 5.10 Å². The summed E-state index contributed by atoms with van der Waals surface area (Å²) in [6, 6.07) is 13.0. The van der Waals surface area contributed by atoms with Crippen LogP contribution in [0, 0.1) is 20.8 Å². The number of aromatic nitrogens is 3. The molecule has 0 bridgehead atoms. The van der Waals surface area contributed by atoms with Gasteiger partial charge >= 0.3 is 0 Å². The van der Waals surface area contributed by atoms with Gasteiger partial charge in [-0.05, 0) is 57.5 Å². The molecular weight excluding hydrogens is 354 g/mol. The highest BCUT2D eigenvalue weighted by Gasteiger charge is 2.18. The minimum absolute atomic E-state index is 0.181. The van der Waals surface area contributed by atoms with Crippen molar-refractivity contribution in [1.29, 1.82) is 0 Å². The lowest BCUT2D eigenvalue weighted by atomic mass is 10.1. The van der Waals surface area contributed by atoms with Gasteiger partial charge in [0.2, 0.25) is 0 Å². The molecule has 2 aromatic carbocycles. The highest BCUT2D eigenvalue weighted by Crippen LogP contribution is 2.19. The Kier molecular flexibility index (Phi) is 5.54. The number of aryl methyl sites for hydroxylation is 2. The van der Waals surface area contributed by atoms with Gasteiger partial charge in [0.15, 0.2) is 5.69 Å². The molecule has 2 amide bonds. The van der Waals surface area contributed by atoms with Gasteiger partial charge in [0, 0.05) is 17.8 Å². The highest BCUT2D eigenvalue weighted by molar-refractivity contribution is 6.05. The maximum Gasteiger partial charge on any atom is 0.278 e. The standard InChI is InChI=1S/C21H23N5O2/c1-5-22-20(27)16-9-8-14(3)18(12-16)23-21(28)19-15(4)26(25-24-19)17-10-6-13(2)7-11-17/h6-12H,5H2,1-4H3,(H,22,27)(H,23,28). The predicted octanol–water partition coefficient (Wildman–Crippen LogP) is 3.19. The van der Waals surface area contributed by atoms with E-state index in [1.807, 2.05) is 45.0 Å². The second-order valence-electron chi connectivity index (χ2n) is 6.61. The molecule has 0 aliphatic heterocycles. The van der Waals surface area contributed by atoms with Crippen LogP contribution in [0.3, 0.4) is 0 Å². The third-order valence-corrected chi connectivity index (χ3v) is 4.47. The molecule has 0 aliphatic rings. The topological polar surface area (TPSA) is 88.9 Å². The number of nitrogens with one attached hydrogen (secondary N) is 2. The van der Waals surface area contributed by atoms with Crippen LogP contribution in [0.1, 0.15) is 44.6 Å². The van der Waals surface area contributed by atoms with E-state index in [-0.39, 0.29) is 17.5 Å². The number of carbonyl (C=O) groups excluding carboxylic acids is 2. The van der Waals surface area contributed by atoms with Gasteiger partial charge in [0.1, 0.15) is 0 Å². The van der Waals surface area contributed by atoms with Gasteiger partial charge in [-0.2, -0.15) is 0 Å². The number of benzene rings is 2. The molecule has 28 heavy (non-hydrogen) atoms. The number of rotatable bonds is 5. The van der Waals surface area contributed by atoms with Gasteiger partial charge in [0.05, 0.1) is 11.4 Å². The molecule has 0 unspecified atom stereocenters. The van der Waals surface area contributed by atoms with E-state index in [0.717, 1.165) is 16.8 Å². The molecule has 0 saturated heterocycles. The Balaban J connectivity index is 1.85. The Morgan fingerprint density at radius 1 is 1.00 bits per heavy atom. The zero-order chi connectivity index (χ0) is 20.3. The zero-order valence-corrected chi connectivity index (χ0v) is 16.4. The molecule has 0 atom stereocenters. The Hall–Kier alpha value is -3.48. The van der Waals surface area contributed by atoms with Gasteiger partial charge in [-0.3, -0.25) is 9.59 Å². The molecule has 0 radical (unpaired) electrons. The lowest BCUT2D eigenvalue weighted by Gasteiger charge is -2.10. The van der Waals surface area contributed by atoms with Gasteiger partial charge in [-0.25, -0.2) is 4.68 Å². The van der Waals surface area contributed by atoms with Crippen molar-refractivity contribution >= 4 is 17.5 Å². The van der Waals surface area contributed by atoms with E-state index in [2.05, 4.69) is 20.9 Å². The molecule has 3 aromatic rings. The number of nitrogens with zero attached hydrogens (tertiary/aromatic N) is 3. The van der Waals surface area contributed by atoms with Crippen molar-refractivity contribution in [2.75, 3.05) is 11.9 Å². The Bertz CT molecular complexity index is 1020. The number of carbonyl (C=O) groups is 2. The van der Waals surface area contributed by atoms with Crippen LogP contribution in [0.15, 0.2) is 42.5 Å². The van der Waals surface area contributed by atoms with E-state index in [1.165, 1.54) is 0 Å². The SMILES string of the molecule is CCNC(=O)c1ccc(C)c(NC(=O)c2nnn(-c3ccc(C)cc3)c2C)c1. The van der Waals surface area contributed by atoms with Crippen LogP contribution in [0.5, 0.6) is 0 Å². The molecule has 2 N–H and O–H groups in total. The fraction of sp³-hybridized carbons (Fsp3) is 0.238. The normalized spacial score (nSPS) is 10.6. The van der Waals surface area contributed by atoms with E-state index in [1.54, 1.807) is 29.8 Å². The van der Waals surface area contributed by atoms with Crippen LogP contribution in [0.4, 0.5) is 5.69 Å². The Morgan fingerprint density at radius 2 is 1.71 bits per heavy atom. The van der Waals surface area contributed by atoms with Gasteiger partial charge in [-0.1, -0.05) is 29.0 Å². The van der Waals surface area contributed by atoms with Crippen LogP contribution in [-0.4, -0.2) is 33.4 Å². The fourth-order valence-electron chi connectivity index (χ4n) is 2.81. The molecule has 144 valence electrons. The zero-order valence-electron chi connectivity index (χ0n) is 16.4. The first kappa shape index (κ1) is 19.3. The van der Waals surface area contributed by atoms with E-state index in [9.17, 15) is 9.59 Å². The van der Waals surface area contributed by atoms with Crippen molar-refractivity contribution in [2.24, 2.45) is 0 Å². The molecule has 0 saturated carbocycles. The van der Waals surface area contributed by atoms with Crippen molar-refractivity contribution in [2.45, 2.75) is 27.7 Å². The summed E-state index contributed by atoms with van der Waals surface area (Å²) in [5.41, 5.74) is 4.76. The fourth-order valence-corrected chi connectivity index (χ4v) is 2.81. The summed E-state index contributed by atoms with van der Waals surface area (Å²) in [7, 11) is 0. The lowest BCUT2D eigenvalue weighted by Crippen LogP contribution is -2.23. The largest absolute Gasteiger partial charge is 0.352 e. The van der Waals surface area contributed by atoms with Crippen LogP contribution in [0.25, 0.3) is 5.69 Å². The van der Waals surface area contributed by atoms with Crippen LogP contribution in [0.2, 0.25) is 0 Å². The summed E-state index contributed by atoms with van der Waals surface area (Å²) < 4.78 is 1.63. The average molecular weight is 377 g/mol. The number of hydrogen-bond acceptors (Lipinski definition) is 4. The summed E-state index contributed by atoms with van der Waals surface area (Å²) in [6.07, 6.45) is 0. The molecule has 0 aliphatic carbocycles. The second-order valence-corrected chi connectivity index (χ2v) is 6.61. The summed E-state index contributed by atoms with van der Waals surface area (Å²) in [5, 5.41) is 13.8. The van der Waals surface area contributed by atoms with Crippen LogP contribution < -0.4 is 10.6 Å². The highest BCUT2D eigenvalue weighted by atomic mass is 16.2. The molecule has 0 fully saturated rings. The smallest absolute Gasteiger partial charge is 0.278 e. The van der Waals surface area contributed by atoms with Crippen molar-refractivity contribution in [3.63, 3.8) is 0 Å². The molecular formula is C21H23N5O2. The Labute approximate surface area is 163 Å². The van der Waals surface area contributed by atoms with Crippen molar-refractivity contribution in [1.82, 2.24) is 20.3 Å². The minimum Gasteiger partial charge on any atom is -0.352 e. The average Bonchev–Trinajstić information content (AvgIpc) is 3.06. The summed E-state index contributed by atoms with van der Waals surface area (Å²) in [4.78, 5) is 24.8. The third kappa shape index (κ3) is 3.93. The first-order valence-electron chi connectivity index (χ1n) is 9.10. The van der Waals surface area contributed by atoms with Crippen LogP contribution >= 0.6 is 0 Å². The van der Waals surface area contributed by atoms with E-state index >= 15 is 0 Å².